The largest absolute Gasteiger partial charge is 0.494 e. The Morgan fingerprint density at radius 3 is 2.06 bits per heavy atom. The number of aliphatic carboxylic acids is 1. The minimum absolute atomic E-state index is 0.0781. The highest BCUT2D eigenvalue weighted by atomic mass is 16.5. The zero-order valence-corrected chi connectivity index (χ0v) is 19.9. The van der Waals surface area contributed by atoms with E-state index in [0.717, 1.165) is 49.2 Å². The molecule has 184 valence electrons. The molecule has 0 fully saturated rings. The first kappa shape index (κ1) is 25.8. The van der Waals surface area contributed by atoms with Crippen LogP contribution in [-0.4, -0.2) is 30.1 Å². The first-order chi connectivity index (χ1) is 17.1. The zero-order valence-electron chi connectivity index (χ0n) is 19.9. The Morgan fingerprint density at radius 2 is 1.37 bits per heavy atom. The van der Waals surface area contributed by atoms with Gasteiger partial charge in [-0.3, -0.25) is 9.59 Å². The second-order valence-electron chi connectivity index (χ2n) is 8.35. The summed E-state index contributed by atoms with van der Waals surface area (Å²) in [6.07, 6.45) is 5.19. The molecular weight excluding hydrogens is 442 g/mol. The summed E-state index contributed by atoms with van der Waals surface area (Å²) in [6, 6.07) is 25.3. The maximum absolute atomic E-state index is 12.0. The molecule has 0 bridgehead atoms. The quantitative estimate of drug-likeness (QED) is 0.277. The molecule has 0 heterocycles. The molecule has 3 aromatic carbocycles. The number of carboxylic acid groups (broad SMARTS) is 1. The van der Waals surface area contributed by atoms with Crippen LogP contribution in [0.25, 0.3) is 0 Å². The van der Waals surface area contributed by atoms with Gasteiger partial charge >= 0.3 is 5.97 Å². The lowest BCUT2D eigenvalue weighted by molar-refractivity contribution is -0.136. The van der Waals surface area contributed by atoms with Crippen LogP contribution in [0.1, 0.15) is 53.6 Å². The average Bonchev–Trinajstić information content (AvgIpc) is 2.88. The van der Waals surface area contributed by atoms with Crippen molar-refractivity contribution < 1.29 is 24.2 Å². The molecule has 3 rings (SSSR count). The number of ether oxygens (including phenoxy) is 2. The summed E-state index contributed by atoms with van der Waals surface area (Å²) < 4.78 is 11.6. The highest BCUT2D eigenvalue weighted by Gasteiger charge is 2.06. The van der Waals surface area contributed by atoms with E-state index in [1.165, 1.54) is 5.56 Å². The Balaban J connectivity index is 1.24. The third-order valence-electron chi connectivity index (χ3n) is 5.54. The van der Waals surface area contributed by atoms with Crippen molar-refractivity contribution >= 4 is 11.9 Å². The maximum Gasteiger partial charge on any atom is 0.305 e. The van der Waals surface area contributed by atoms with Gasteiger partial charge in [-0.1, -0.05) is 55.3 Å². The molecule has 0 atom stereocenters. The molecule has 0 aliphatic carbocycles. The van der Waals surface area contributed by atoms with Gasteiger partial charge in [0, 0.05) is 12.1 Å². The third kappa shape index (κ3) is 9.92. The molecule has 6 nitrogen and oxygen atoms in total. The van der Waals surface area contributed by atoms with E-state index >= 15 is 0 Å². The SMILES string of the molecule is O=C(O)CCNC(=O)c1ccc(CCCCCCOc2ccc(OCc3ccccc3)cc2)cc1. The molecule has 0 aliphatic heterocycles. The van der Waals surface area contributed by atoms with Crippen LogP contribution in [0.3, 0.4) is 0 Å². The van der Waals surface area contributed by atoms with Crippen molar-refractivity contribution in [2.24, 2.45) is 0 Å². The molecule has 0 unspecified atom stereocenters. The van der Waals surface area contributed by atoms with Crippen LogP contribution in [-0.2, 0) is 17.8 Å². The number of carboxylic acids is 1. The summed E-state index contributed by atoms with van der Waals surface area (Å²) in [4.78, 5) is 22.5. The van der Waals surface area contributed by atoms with E-state index < -0.39 is 5.97 Å². The van der Waals surface area contributed by atoms with E-state index in [1.807, 2.05) is 66.7 Å². The number of carbonyl (C=O) groups excluding carboxylic acids is 1. The van der Waals surface area contributed by atoms with Gasteiger partial charge in [0.2, 0.25) is 0 Å². The second-order valence-corrected chi connectivity index (χ2v) is 8.35. The molecule has 3 aromatic rings. The van der Waals surface area contributed by atoms with Crippen molar-refractivity contribution in [3.05, 3.63) is 95.6 Å². The van der Waals surface area contributed by atoms with Crippen molar-refractivity contribution in [2.45, 2.75) is 45.1 Å². The molecule has 0 radical (unpaired) electrons. The minimum atomic E-state index is -0.925. The monoisotopic (exact) mass is 475 g/mol. The molecular formula is C29H33NO5. The van der Waals surface area contributed by atoms with Crippen LogP contribution in [0.4, 0.5) is 0 Å². The number of amides is 1. The molecule has 0 spiro atoms. The summed E-state index contributed by atoms with van der Waals surface area (Å²) in [5, 5.41) is 11.2. The van der Waals surface area contributed by atoms with E-state index in [0.29, 0.717) is 18.8 Å². The topological polar surface area (TPSA) is 84.9 Å². The summed E-state index contributed by atoms with van der Waals surface area (Å²) >= 11 is 0. The fourth-order valence-corrected chi connectivity index (χ4v) is 3.56. The van der Waals surface area contributed by atoms with E-state index in [9.17, 15) is 9.59 Å². The van der Waals surface area contributed by atoms with Crippen LogP contribution >= 0.6 is 0 Å². The Morgan fingerprint density at radius 1 is 0.714 bits per heavy atom. The predicted octanol–water partition coefficient (Wildman–Crippen LogP) is 5.65. The van der Waals surface area contributed by atoms with Crippen LogP contribution in [0, 0.1) is 0 Å². The average molecular weight is 476 g/mol. The first-order valence-corrected chi connectivity index (χ1v) is 12.1. The lowest BCUT2D eigenvalue weighted by Gasteiger charge is -2.09. The van der Waals surface area contributed by atoms with Gasteiger partial charge in [-0.25, -0.2) is 0 Å². The lowest BCUT2D eigenvalue weighted by Crippen LogP contribution is -2.25. The molecule has 0 aromatic heterocycles. The Kier molecular flexibility index (Phi) is 10.7. The van der Waals surface area contributed by atoms with Gasteiger partial charge in [0.1, 0.15) is 18.1 Å². The molecule has 0 saturated heterocycles. The fraction of sp³-hybridized carbons (Fsp3) is 0.310. The van der Waals surface area contributed by atoms with Crippen LogP contribution in [0.2, 0.25) is 0 Å². The highest BCUT2D eigenvalue weighted by Crippen LogP contribution is 2.19. The number of hydrogen-bond acceptors (Lipinski definition) is 4. The number of nitrogens with one attached hydrogen (secondary N) is 1. The highest BCUT2D eigenvalue weighted by molar-refractivity contribution is 5.94. The van der Waals surface area contributed by atoms with Gasteiger partial charge in [-0.2, -0.15) is 0 Å². The minimum Gasteiger partial charge on any atom is -0.494 e. The fourth-order valence-electron chi connectivity index (χ4n) is 3.56. The van der Waals surface area contributed by atoms with Gasteiger partial charge in [0.15, 0.2) is 0 Å². The summed E-state index contributed by atoms with van der Waals surface area (Å²) in [7, 11) is 0. The van der Waals surface area contributed by atoms with Gasteiger partial charge in [-0.15, -0.1) is 0 Å². The molecule has 2 N–H and O–H groups in total. The number of rotatable bonds is 15. The third-order valence-corrected chi connectivity index (χ3v) is 5.54. The summed E-state index contributed by atoms with van der Waals surface area (Å²) in [6.45, 7) is 1.37. The predicted molar refractivity (Wildman–Crippen MR) is 136 cm³/mol. The van der Waals surface area contributed by atoms with Crippen molar-refractivity contribution in [1.29, 1.82) is 0 Å². The van der Waals surface area contributed by atoms with Gasteiger partial charge in [0.25, 0.3) is 5.91 Å². The number of hydrogen-bond donors (Lipinski definition) is 2. The van der Waals surface area contributed by atoms with Gasteiger partial charge in [0.05, 0.1) is 13.0 Å². The Hall–Kier alpha value is -3.80. The molecule has 0 aliphatic rings. The standard InChI is InChI=1S/C29H33NO5/c31-28(32)19-20-30-29(33)25-13-11-23(12-14-25)8-4-1-2-7-21-34-26-15-17-27(18-16-26)35-22-24-9-5-3-6-10-24/h3,5-6,9-18H,1-2,4,7-8,19-22H2,(H,30,33)(H,31,32). The molecule has 1 amide bonds. The van der Waals surface area contributed by atoms with Crippen molar-refractivity contribution in [3.8, 4) is 11.5 Å². The van der Waals surface area contributed by atoms with E-state index in [4.69, 9.17) is 14.6 Å². The zero-order chi connectivity index (χ0) is 24.7. The van der Waals surface area contributed by atoms with E-state index in [-0.39, 0.29) is 18.9 Å². The number of carbonyl (C=O) groups is 2. The van der Waals surface area contributed by atoms with E-state index in [1.54, 1.807) is 12.1 Å². The second kappa shape index (κ2) is 14.5. The Labute approximate surface area is 206 Å². The summed E-state index contributed by atoms with van der Waals surface area (Å²) in [5.41, 5.74) is 2.88. The smallest absolute Gasteiger partial charge is 0.305 e. The maximum atomic E-state index is 12.0. The normalized spacial score (nSPS) is 10.5. The molecule has 35 heavy (non-hydrogen) atoms. The number of unbranched alkanes of at least 4 members (excludes halogenated alkanes) is 3. The lowest BCUT2D eigenvalue weighted by atomic mass is 10.0. The van der Waals surface area contributed by atoms with Gasteiger partial charge in [-0.05, 0) is 66.8 Å². The first-order valence-electron chi connectivity index (χ1n) is 12.1. The molecule has 6 heteroatoms. The van der Waals surface area contributed by atoms with Crippen molar-refractivity contribution in [2.75, 3.05) is 13.2 Å². The van der Waals surface area contributed by atoms with Crippen LogP contribution in [0.15, 0.2) is 78.9 Å². The van der Waals surface area contributed by atoms with Gasteiger partial charge < -0.3 is 19.9 Å². The number of aryl methyl sites for hydroxylation is 1. The van der Waals surface area contributed by atoms with Crippen molar-refractivity contribution in [1.82, 2.24) is 5.32 Å². The summed E-state index contributed by atoms with van der Waals surface area (Å²) in [5.74, 6) is 0.510. The number of benzene rings is 3. The molecule has 0 saturated carbocycles. The van der Waals surface area contributed by atoms with E-state index in [2.05, 4.69) is 5.32 Å². The van der Waals surface area contributed by atoms with Crippen LogP contribution < -0.4 is 14.8 Å². The van der Waals surface area contributed by atoms with Crippen molar-refractivity contribution in [3.63, 3.8) is 0 Å². The van der Waals surface area contributed by atoms with Crippen LogP contribution in [0.5, 0.6) is 11.5 Å². The Bertz CT molecular complexity index is 1030.